The molecule has 1 fully saturated rings. The van der Waals surface area contributed by atoms with E-state index >= 15 is 0 Å². The molecule has 1 heterocycles. The molecule has 0 spiro atoms. The third-order valence-electron chi connectivity index (χ3n) is 6.69. The number of nitro groups is 1. The number of nitrogens with zero attached hydrogens (tertiary/aromatic N) is 2. The molecule has 7 nitrogen and oxygen atoms in total. The van der Waals surface area contributed by atoms with Gasteiger partial charge in [-0.1, -0.05) is 63.4 Å². The van der Waals surface area contributed by atoms with E-state index in [9.17, 15) is 18.9 Å². The number of hydrogen-bond acceptors (Lipinski definition) is 5. The summed E-state index contributed by atoms with van der Waals surface area (Å²) in [4.78, 5) is 14.6. The van der Waals surface area contributed by atoms with E-state index in [0.717, 1.165) is 56.9 Å². The molecule has 0 saturated heterocycles. The molecule has 1 aliphatic rings. The maximum absolute atomic E-state index is 11.6. The average Bonchev–Trinajstić information content (AvgIpc) is 2.87. The van der Waals surface area contributed by atoms with E-state index in [4.69, 9.17) is 4.74 Å². The largest absolute Gasteiger partial charge is 0.433 e. The summed E-state index contributed by atoms with van der Waals surface area (Å²) in [6, 6.07) is 12.1. The molecular weight excluding hydrogens is 480 g/mol. The first kappa shape index (κ1) is 30.4. The molecular formula is C28H41F2N3O4. The lowest BCUT2D eigenvalue weighted by molar-refractivity contribution is -0.553. The Kier molecular flexibility index (Phi) is 13.8. The predicted octanol–water partition coefficient (Wildman–Crippen LogP) is 7.09. The molecule has 0 radical (unpaired) electrons. The minimum atomic E-state index is -2.78. The van der Waals surface area contributed by atoms with E-state index in [1.54, 1.807) is 13.1 Å². The molecule has 1 aromatic carbocycles. The molecule has 2 atom stereocenters. The summed E-state index contributed by atoms with van der Waals surface area (Å²) in [5, 5.41) is 10.5. The Bertz CT molecular complexity index is 896. The first-order chi connectivity index (χ1) is 17.8. The van der Waals surface area contributed by atoms with Crippen LogP contribution in [0.5, 0.6) is 5.75 Å². The van der Waals surface area contributed by atoms with Gasteiger partial charge in [-0.3, -0.25) is 4.98 Å². The number of halogens is 2. The lowest BCUT2D eigenvalue weighted by Crippen LogP contribution is -2.41. The van der Waals surface area contributed by atoms with Crippen LogP contribution in [0.3, 0.4) is 0 Å². The van der Waals surface area contributed by atoms with Crippen molar-refractivity contribution >= 4 is 0 Å². The Balaban J connectivity index is 0.000000364. The molecule has 0 aliphatic heterocycles. The van der Waals surface area contributed by atoms with E-state index in [1.807, 2.05) is 0 Å². The van der Waals surface area contributed by atoms with Crippen LogP contribution in [0.1, 0.15) is 82.3 Å². The minimum absolute atomic E-state index is 0.0972. The maximum Gasteiger partial charge on any atom is 0.387 e. The molecule has 1 saturated carbocycles. The summed E-state index contributed by atoms with van der Waals surface area (Å²) < 4.78 is 33.4. The number of nitrogens with one attached hydrogen (secondary N) is 1. The van der Waals surface area contributed by atoms with Crippen molar-refractivity contribution in [2.24, 2.45) is 5.92 Å². The van der Waals surface area contributed by atoms with Gasteiger partial charge in [-0.2, -0.15) is 8.78 Å². The quantitative estimate of drug-likeness (QED) is 0.172. The molecule has 37 heavy (non-hydrogen) atoms. The first-order valence-electron chi connectivity index (χ1n) is 13.2. The van der Waals surface area contributed by atoms with Gasteiger partial charge in [0.15, 0.2) is 5.03 Å². The van der Waals surface area contributed by atoms with Crippen LogP contribution in [0.4, 0.5) is 8.78 Å². The number of pyridine rings is 1. The van der Waals surface area contributed by atoms with Gasteiger partial charge in [-0.15, -0.1) is 5.43 Å². The molecule has 0 bridgehead atoms. The SMILES string of the molecule is CCCCCC(N[N+](=O)[O-])C(C)COC1CCC(c2ccccc2)CC1.Cc1cncc(OC(F)F)c1. The number of rotatable bonds is 13. The second-order valence-electron chi connectivity index (χ2n) is 9.76. The van der Waals surface area contributed by atoms with E-state index in [2.05, 4.69) is 59.3 Å². The van der Waals surface area contributed by atoms with Gasteiger partial charge in [0.1, 0.15) is 5.75 Å². The molecule has 2 aromatic rings. The zero-order valence-corrected chi connectivity index (χ0v) is 22.2. The van der Waals surface area contributed by atoms with Crippen molar-refractivity contribution in [3.8, 4) is 5.75 Å². The molecule has 206 valence electrons. The minimum Gasteiger partial charge on any atom is -0.433 e. The van der Waals surface area contributed by atoms with Crippen molar-refractivity contribution in [1.82, 2.24) is 10.4 Å². The maximum atomic E-state index is 11.6. The van der Waals surface area contributed by atoms with E-state index < -0.39 is 11.6 Å². The predicted molar refractivity (Wildman–Crippen MR) is 140 cm³/mol. The Hall–Kier alpha value is -2.81. The molecule has 0 amide bonds. The highest BCUT2D eigenvalue weighted by Crippen LogP contribution is 2.34. The van der Waals surface area contributed by atoms with Gasteiger partial charge in [-0.25, -0.2) is 10.1 Å². The molecule has 1 aliphatic carbocycles. The highest BCUT2D eigenvalue weighted by atomic mass is 19.3. The second-order valence-corrected chi connectivity index (χ2v) is 9.76. The summed E-state index contributed by atoms with van der Waals surface area (Å²) in [6.45, 7) is 3.78. The monoisotopic (exact) mass is 521 g/mol. The molecule has 2 unspecified atom stereocenters. The van der Waals surface area contributed by atoms with Gasteiger partial charge in [0.05, 0.1) is 24.9 Å². The highest BCUT2D eigenvalue weighted by molar-refractivity contribution is 5.22. The van der Waals surface area contributed by atoms with Gasteiger partial charge in [0, 0.05) is 12.1 Å². The number of alkyl halides is 2. The third kappa shape index (κ3) is 12.3. The standard InChI is InChI=1S/C21H34N2O3.C7H7F2NO/c1-3-4-6-11-21(22-23(24)25)17(2)16-26-20-14-12-19(13-15-20)18-9-7-5-8-10-18;1-5-2-6(4-10-3-5)11-7(8)9/h5,7-10,17,19-22H,3-4,6,11-16H2,1-2H3;2-4,7H,1H3. The molecule has 1 aromatic heterocycles. The Morgan fingerprint density at radius 2 is 1.84 bits per heavy atom. The van der Waals surface area contributed by atoms with Gasteiger partial charge in [0.25, 0.3) is 0 Å². The number of hydrogen-bond donors (Lipinski definition) is 1. The van der Waals surface area contributed by atoms with Crippen LogP contribution in [-0.2, 0) is 4.74 Å². The number of benzene rings is 1. The van der Waals surface area contributed by atoms with Gasteiger partial charge in [-0.05, 0) is 62.1 Å². The van der Waals surface area contributed by atoms with E-state index in [1.165, 1.54) is 17.8 Å². The van der Waals surface area contributed by atoms with Crippen molar-refractivity contribution in [2.45, 2.75) is 96.8 Å². The van der Waals surface area contributed by atoms with Crippen LogP contribution in [0.15, 0.2) is 48.8 Å². The molecule has 9 heteroatoms. The second kappa shape index (κ2) is 16.8. The lowest BCUT2D eigenvalue weighted by Gasteiger charge is -2.30. The summed E-state index contributed by atoms with van der Waals surface area (Å²) in [6.07, 6.45) is 11.7. The van der Waals surface area contributed by atoms with Crippen molar-refractivity contribution < 1.29 is 23.3 Å². The number of ether oxygens (including phenoxy) is 2. The number of aromatic nitrogens is 1. The molecule has 1 N–H and O–H groups in total. The zero-order valence-electron chi connectivity index (χ0n) is 22.2. The fourth-order valence-corrected chi connectivity index (χ4v) is 4.61. The lowest BCUT2D eigenvalue weighted by atomic mass is 9.83. The van der Waals surface area contributed by atoms with Crippen LogP contribution >= 0.6 is 0 Å². The topological polar surface area (TPSA) is 86.5 Å². The Morgan fingerprint density at radius 3 is 2.43 bits per heavy atom. The smallest absolute Gasteiger partial charge is 0.387 e. The van der Waals surface area contributed by atoms with Crippen molar-refractivity contribution in [2.75, 3.05) is 6.61 Å². The number of hydrazine groups is 1. The first-order valence-corrected chi connectivity index (χ1v) is 13.2. The van der Waals surface area contributed by atoms with Crippen molar-refractivity contribution in [3.63, 3.8) is 0 Å². The van der Waals surface area contributed by atoms with Gasteiger partial charge < -0.3 is 9.47 Å². The highest BCUT2D eigenvalue weighted by Gasteiger charge is 2.26. The van der Waals surface area contributed by atoms with Crippen LogP contribution in [0.25, 0.3) is 0 Å². The zero-order chi connectivity index (χ0) is 27.0. The van der Waals surface area contributed by atoms with E-state index in [-0.39, 0.29) is 17.7 Å². The summed E-state index contributed by atoms with van der Waals surface area (Å²) in [7, 11) is 0. The van der Waals surface area contributed by atoms with Crippen LogP contribution < -0.4 is 10.2 Å². The number of aryl methyl sites for hydroxylation is 1. The van der Waals surface area contributed by atoms with E-state index in [0.29, 0.717) is 18.6 Å². The van der Waals surface area contributed by atoms with Crippen LogP contribution in [-0.4, -0.2) is 35.4 Å². The van der Waals surface area contributed by atoms with Crippen LogP contribution in [0.2, 0.25) is 0 Å². The van der Waals surface area contributed by atoms with Gasteiger partial charge >= 0.3 is 6.61 Å². The van der Waals surface area contributed by atoms with Gasteiger partial charge in [0.2, 0.25) is 0 Å². The summed E-state index contributed by atoms with van der Waals surface area (Å²) >= 11 is 0. The normalized spacial score (nSPS) is 18.9. The van der Waals surface area contributed by atoms with Crippen LogP contribution in [0, 0.1) is 23.0 Å². The molecule has 3 rings (SSSR count). The van der Waals surface area contributed by atoms with Crippen molar-refractivity contribution in [1.29, 1.82) is 0 Å². The summed E-state index contributed by atoms with van der Waals surface area (Å²) in [5.74, 6) is 0.885. The van der Waals surface area contributed by atoms with Crippen molar-refractivity contribution in [3.05, 3.63) is 70.0 Å². The summed E-state index contributed by atoms with van der Waals surface area (Å²) in [5.41, 5.74) is 4.73. The Labute approximate surface area is 219 Å². The fourth-order valence-electron chi connectivity index (χ4n) is 4.61. The Morgan fingerprint density at radius 1 is 1.14 bits per heavy atom. The fraction of sp³-hybridized carbons (Fsp3) is 0.607. The third-order valence-corrected chi connectivity index (χ3v) is 6.69. The average molecular weight is 522 g/mol. The number of unbranched alkanes of at least 4 members (excludes halogenated alkanes) is 2.